The number of aromatic nitrogens is 2. The molecule has 1 heterocycles. The van der Waals surface area contributed by atoms with Crippen molar-refractivity contribution >= 4 is 0 Å². The molecule has 0 saturated heterocycles. The number of aryl methyl sites for hydroxylation is 3. The summed E-state index contributed by atoms with van der Waals surface area (Å²) in [5.41, 5.74) is 3.64. The highest BCUT2D eigenvalue weighted by atomic mass is 16.5. The molecule has 2 aromatic rings. The van der Waals surface area contributed by atoms with Gasteiger partial charge in [0.2, 0.25) is 0 Å². The Morgan fingerprint density at radius 1 is 1.21 bits per heavy atom. The molecular formula is C15H18N2O2. The Morgan fingerprint density at radius 2 is 1.95 bits per heavy atom. The number of hydrogen-bond donors (Lipinski definition) is 1. The van der Waals surface area contributed by atoms with Crippen LogP contribution in [0.4, 0.5) is 0 Å². The Kier molecular flexibility index (Phi) is 3.69. The molecule has 2 rings (SSSR count). The highest BCUT2D eigenvalue weighted by Crippen LogP contribution is 2.28. The van der Waals surface area contributed by atoms with Crippen LogP contribution in [-0.2, 0) is 6.42 Å². The molecule has 0 radical (unpaired) electrons. The van der Waals surface area contributed by atoms with Crippen molar-refractivity contribution in [2.75, 3.05) is 7.11 Å². The van der Waals surface area contributed by atoms with Gasteiger partial charge in [0.15, 0.2) is 0 Å². The molecule has 0 amide bonds. The Morgan fingerprint density at radius 3 is 2.58 bits per heavy atom. The van der Waals surface area contributed by atoms with E-state index < -0.39 is 0 Å². The maximum Gasteiger partial charge on any atom is 0.251 e. The number of H-pyrrole nitrogens is 1. The van der Waals surface area contributed by atoms with E-state index in [0.29, 0.717) is 17.9 Å². The van der Waals surface area contributed by atoms with Crippen molar-refractivity contribution < 1.29 is 4.74 Å². The van der Waals surface area contributed by atoms with Gasteiger partial charge in [-0.15, -0.1) is 0 Å². The van der Waals surface area contributed by atoms with E-state index in [1.807, 2.05) is 32.9 Å². The van der Waals surface area contributed by atoms with Crippen LogP contribution in [0.15, 0.2) is 23.0 Å². The molecule has 4 heteroatoms. The molecule has 0 fully saturated rings. The van der Waals surface area contributed by atoms with Gasteiger partial charge in [-0.2, -0.15) is 0 Å². The smallest absolute Gasteiger partial charge is 0.251 e. The van der Waals surface area contributed by atoms with Gasteiger partial charge in [0.1, 0.15) is 11.6 Å². The van der Waals surface area contributed by atoms with E-state index in [1.165, 1.54) is 6.07 Å². The molecule has 4 nitrogen and oxygen atoms in total. The molecule has 0 aliphatic rings. The van der Waals surface area contributed by atoms with Gasteiger partial charge in [-0.05, 0) is 37.1 Å². The zero-order valence-electron chi connectivity index (χ0n) is 11.7. The molecule has 19 heavy (non-hydrogen) atoms. The minimum Gasteiger partial charge on any atom is -0.496 e. The van der Waals surface area contributed by atoms with Crippen LogP contribution in [0.2, 0.25) is 0 Å². The summed E-state index contributed by atoms with van der Waals surface area (Å²) in [6, 6.07) is 5.52. The third-order valence-electron chi connectivity index (χ3n) is 3.14. The second kappa shape index (κ2) is 5.26. The van der Waals surface area contributed by atoms with Crippen molar-refractivity contribution in [1.82, 2.24) is 9.97 Å². The van der Waals surface area contributed by atoms with E-state index in [2.05, 4.69) is 9.97 Å². The number of nitrogens with zero attached hydrogens (tertiary/aromatic N) is 1. The summed E-state index contributed by atoms with van der Waals surface area (Å²) in [7, 11) is 1.65. The summed E-state index contributed by atoms with van der Waals surface area (Å²) < 4.78 is 5.30. The summed E-state index contributed by atoms with van der Waals surface area (Å²) in [5, 5.41) is 0. The standard InChI is InChI=1S/C15H18N2O2/c1-5-14-16-12(8-15(18)17-14)11-6-10(3)13(19-4)7-9(11)2/h6-8H,5H2,1-4H3,(H,16,17,18). The first-order valence-electron chi connectivity index (χ1n) is 6.31. The van der Waals surface area contributed by atoms with Crippen LogP contribution < -0.4 is 10.3 Å². The Labute approximate surface area is 112 Å². The largest absolute Gasteiger partial charge is 0.496 e. The SMILES string of the molecule is CCc1nc(-c2cc(C)c(OC)cc2C)cc(=O)[nH]1. The molecule has 1 N–H and O–H groups in total. The van der Waals surface area contributed by atoms with Crippen molar-refractivity contribution in [3.63, 3.8) is 0 Å². The number of nitrogens with one attached hydrogen (secondary N) is 1. The number of methoxy groups -OCH3 is 1. The quantitative estimate of drug-likeness (QED) is 0.920. The van der Waals surface area contributed by atoms with Gasteiger partial charge >= 0.3 is 0 Å². The molecule has 100 valence electrons. The predicted molar refractivity (Wildman–Crippen MR) is 75.7 cm³/mol. The molecule has 0 aliphatic carbocycles. The first kappa shape index (κ1) is 13.3. The lowest BCUT2D eigenvalue weighted by molar-refractivity contribution is 0.411. The second-order valence-electron chi connectivity index (χ2n) is 4.57. The monoisotopic (exact) mass is 258 g/mol. The van der Waals surface area contributed by atoms with Crippen molar-refractivity contribution in [3.8, 4) is 17.0 Å². The average Bonchev–Trinajstić information content (AvgIpc) is 2.40. The molecule has 1 aromatic carbocycles. The van der Waals surface area contributed by atoms with Crippen molar-refractivity contribution in [3.05, 3.63) is 45.5 Å². The number of aromatic amines is 1. The average molecular weight is 258 g/mol. The van der Waals surface area contributed by atoms with E-state index in [-0.39, 0.29) is 5.56 Å². The van der Waals surface area contributed by atoms with Gasteiger partial charge in [0.25, 0.3) is 5.56 Å². The van der Waals surface area contributed by atoms with Gasteiger partial charge in [0.05, 0.1) is 12.8 Å². The van der Waals surface area contributed by atoms with Crippen LogP contribution in [0.1, 0.15) is 23.9 Å². The third-order valence-corrected chi connectivity index (χ3v) is 3.14. The first-order valence-corrected chi connectivity index (χ1v) is 6.31. The second-order valence-corrected chi connectivity index (χ2v) is 4.57. The maximum atomic E-state index is 11.6. The van der Waals surface area contributed by atoms with E-state index in [1.54, 1.807) is 7.11 Å². The summed E-state index contributed by atoms with van der Waals surface area (Å²) in [6.45, 7) is 5.94. The molecule has 0 aliphatic heterocycles. The van der Waals surface area contributed by atoms with Gasteiger partial charge in [-0.25, -0.2) is 4.98 Å². The van der Waals surface area contributed by atoms with Gasteiger partial charge in [-0.1, -0.05) is 6.92 Å². The van der Waals surface area contributed by atoms with Crippen LogP contribution >= 0.6 is 0 Å². The molecular weight excluding hydrogens is 240 g/mol. The normalized spacial score (nSPS) is 10.5. The lowest BCUT2D eigenvalue weighted by Crippen LogP contribution is -2.10. The molecule has 0 unspecified atom stereocenters. The number of hydrogen-bond acceptors (Lipinski definition) is 3. The van der Waals surface area contributed by atoms with Crippen molar-refractivity contribution in [2.45, 2.75) is 27.2 Å². The summed E-state index contributed by atoms with van der Waals surface area (Å²) >= 11 is 0. The van der Waals surface area contributed by atoms with Crippen molar-refractivity contribution in [2.24, 2.45) is 0 Å². The molecule has 1 aromatic heterocycles. The highest BCUT2D eigenvalue weighted by Gasteiger charge is 2.09. The van der Waals surface area contributed by atoms with Crippen LogP contribution in [0.3, 0.4) is 0 Å². The molecule has 0 saturated carbocycles. The summed E-state index contributed by atoms with van der Waals surface area (Å²) in [6.07, 6.45) is 0.706. The minimum absolute atomic E-state index is 0.116. The van der Waals surface area contributed by atoms with E-state index in [9.17, 15) is 4.79 Å². The maximum absolute atomic E-state index is 11.6. The minimum atomic E-state index is -0.116. The third kappa shape index (κ3) is 2.67. The fourth-order valence-electron chi connectivity index (χ4n) is 2.10. The zero-order valence-corrected chi connectivity index (χ0v) is 11.7. The highest BCUT2D eigenvalue weighted by molar-refractivity contribution is 5.66. The van der Waals surface area contributed by atoms with E-state index in [4.69, 9.17) is 4.74 Å². The number of benzene rings is 1. The topological polar surface area (TPSA) is 55.0 Å². The van der Waals surface area contributed by atoms with Gasteiger partial charge in [-0.3, -0.25) is 4.79 Å². The lowest BCUT2D eigenvalue weighted by atomic mass is 10.0. The lowest BCUT2D eigenvalue weighted by Gasteiger charge is -2.11. The van der Waals surface area contributed by atoms with Crippen LogP contribution in [0, 0.1) is 13.8 Å². The van der Waals surface area contributed by atoms with Crippen LogP contribution in [0.5, 0.6) is 5.75 Å². The number of rotatable bonds is 3. The predicted octanol–water partition coefficient (Wildman–Crippen LogP) is 2.62. The number of ether oxygens (including phenoxy) is 1. The Balaban J connectivity index is 2.62. The van der Waals surface area contributed by atoms with Crippen molar-refractivity contribution in [1.29, 1.82) is 0 Å². The summed E-state index contributed by atoms with van der Waals surface area (Å²) in [4.78, 5) is 18.9. The zero-order chi connectivity index (χ0) is 14.0. The Hall–Kier alpha value is -2.10. The molecule has 0 bridgehead atoms. The van der Waals surface area contributed by atoms with E-state index >= 15 is 0 Å². The fraction of sp³-hybridized carbons (Fsp3) is 0.333. The van der Waals surface area contributed by atoms with Crippen LogP contribution in [-0.4, -0.2) is 17.1 Å². The van der Waals surface area contributed by atoms with Crippen LogP contribution in [0.25, 0.3) is 11.3 Å². The fourth-order valence-corrected chi connectivity index (χ4v) is 2.10. The summed E-state index contributed by atoms with van der Waals surface area (Å²) in [5.74, 6) is 1.55. The van der Waals surface area contributed by atoms with Gasteiger partial charge < -0.3 is 9.72 Å². The molecule has 0 spiro atoms. The van der Waals surface area contributed by atoms with E-state index in [0.717, 1.165) is 22.4 Å². The Bertz CT molecular complexity index is 660. The first-order chi connectivity index (χ1) is 9.05. The molecule has 0 atom stereocenters. The van der Waals surface area contributed by atoms with Gasteiger partial charge in [0, 0.05) is 18.1 Å².